The van der Waals surface area contributed by atoms with Gasteiger partial charge in [-0.1, -0.05) is 45.7 Å². The molecule has 0 radical (unpaired) electrons. The van der Waals surface area contributed by atoms with Crippen LogP contribution in [-0.4, -0.2) is 20.9 Å². The van der Waals surface area contributed by atoms with E-state index < -0.39 is 10.0 Å². The standard InChI is InChI=1S/C20H16BrClN2O4S/c21-14-6-8-15(9-7-14)23-20(25)13-28-19-11-10-17(12-18(19)22)29(26,27)24-16-4-2-1-3-5-16/h1-12,24H,13H2,(H,23,25). The molecular weight excluding hydrogens is 480 g/mol. The quantitative estimate of drug-likeness (QED) is 0.487. The highest BCUT2D eigenvalue weighted by atomic mass is 79.9. The lowest BCUT2D eigenvalue weighted by Gasteiger charge is -2.11. The molecule has 0 heterocycles. The lowest BCUT2D eigenvalue weighted by molar-refractivity contribution is -0.118. The summed E-state index contributed by atoms with van der Waals surface area (Å²) in [4.78, 5) is 12.0. The van der Waals surface area contributed by atoms with Crippen LogP contribution in [0.5, 0.6) is 5.75 Å². The van der Waals surface area contributed by atoms with Crippen LogP contribution in [0.1, 0.15) is 0 Å². The first-order valence-electron chi connectivity index (χ1n) is 8.39. The normalized spacial score (nSPS) is 11.0. The summed E-state index contributed by atoms with van der Waals surface area (Å²) in [7, 11) is -3.80. The van der Waals surface area contributed by atoms with Gasteiger partial charge in [0.2, 0.25) is 0 Å². The van der Waals surface area contributed by atoms with E-state index in [0.717, 1.165) is 4.47 Å². The number of ether oxygens (including phenoxy) is 1. The summed E-state index contributed by atoms with van der Waals surface area (Å²) in [6.07, 6.45) is 0. The van der Waals surface area contributed by atoms with E-state index in [0.29, 0.717) is 11.4 Å². The molecule has 1 amide bonds. The van der Waals surface area contributed by atoms with Crippen molar-refractivity contribution in [2.24, 2.45) is 0 Å². The van der Waals surface area contributed by atoms with Crippen molar-refractivity contribution in [3.63, 3.8) is 0 Å². The highest BCUT2D eigenvalue weighted by Crippen LogP contribution is 2.28. The van der Waals surface area contributed by atoms with Gasteiger partial charge in [0.15, 0.2) is 6.61 Å². The van der Waals surface area contributed by atoms with Crippen LogP contribution in [0, 0.1) is 0 Å². The topological polar surface area (TPSA) is 84.5 Å². The van der Waals surface area contributed by atoms with Gasteiger partial charge in [-0.3, -0.25) is 9.52 Å². The first-order valence-corrected chi connectivity index (χ1v) is 11.0. The summed E-state index contributed by atoms with van der Waals surface area (Å²) in [5, 5.41) is 2.77. The Balaban J connectivity index is 1.63. The lowest BCUT2D eigenvalue weighted by Crippen LogP contribution is -2.20. The van der Waals surface area contributed by atoms with Crippen molar-refractivity contribution in [3.05, 3.63) is 82.3 Å². The smallest absolute Gasteiger partial charge is 0.262 e. The Morgan fingerprint density at radius 1 is 0.966 bits per heavy atom. The molecule has 0 saturated heterocycles. The monoisotopic (exact) mass is 494 g/mol. The van der Waals surface area contributed by atoms with E-state index in [4.69, 9.17) is 16.3 Å². The van der Waals surface area contributed by atoms with Crippen LogP contribution in [-0.2, 0) is 14.8 Å². The van der Waals surface area contributed by atoms with Crippen LogP contribution in [0.15, 0.2) is 82.2 Å². The minimum atomic E-state index is -3.80. The first kappa shape index (κ1) is 21.2. The SMILES string of the molecule is O=C(COc1ccc(S(=O)(=O)Nc2ccccc2)cc1Cl)Nc1ccc(Br)cc1. The van der Waals surface area contributed by atoms with Crippen LogP contribution < -0.4 is 14.8 Å². The van der Waals surface area contributed by atoms with Crippen molar-refractivity contribution in [2.75, 3.05) is 16.6 Å². The van der Waals surface area contributed by atoms with Gasteiger partial charge in [-0.25, -0.2) is 8.42 Å². The maximum atomic E-state index is 12.5. The number of hydrogen-bond acceptors (Lipinski definition) is 4. The lowest BCUT2D eigenvalue weighted by atomic mass is 10.3. The molecule has 3 aromatic rings. The number of rotatable bonds is 7. The number of para-hydroxylation sites is 1. The predicted octanol–water partition coefficient (Wildman–Crippen LogP) is 4.92. The molecule has 29 heavy (non-hydrogen) atoms. The molecule has 150 valence electrons. The third-order valence-corrected chi connectivity index (χ3v) is 5.93. The summed E-state index contributed by atoms with van der Waals surface area (Å²) < 4.78 is 33.7. The molecule has 9 heteroatoms. The minimum absolute atomic E-state index is 0.0157. The molecule has 0 saturated carbocycles. The van der Waals surface area contributed by atoms with Gasteiger partial charge in [0.05, 0.1) is 9.92 Å². The summed E-state index contributed by atoms with van der Waals surface area (Å²) in [5.41, 5.74) is 1.06. The third-order valence-electron chi connectivity index (χ3n) is 3.73. The van der Waals surface area contributed by atoms with Crippen LogP contribution >= 0.6 is 27.5 Å². The molecule has 2 N–H and O–H groups in total. The summed E-state index contributed by atoms with van der Waals surface area (Å²) in [6, 6.07) is 19.6. The fraction of sp³-hybridized carbons (Fsp3) is 0.0500. The van der Waals surface area contributed by atoms with E-state index in [-0.39, 0.29) is 28.2 Å². The Morgan fingerprint density at radius 3 is 2.31 bits per heavy atom. The molecule has 3 aromatic carbocycles. The Hall–Kier alpha value is -2.55. The second kappa shape index (κ2) is 9.30. The first-order chi connectivity index (χ1) is 13.8. The van der Waals surface area contributed by atoms with E-state index in [9.17, 15) is 13.2 Å². The summed E-state index contributed by atoms with van der Waals surface area (Å²) in [5.74, 6) is -0.165. The molecule has 0 aliphatic carbocycles. The molecule has 3 rings (SSSR count). The number of benzene rings is 3. The van der Waals surface area contributed by atoms with Crippen molar-refractivity contribution in [2.45, 2.75) is 4.90 Å². The van der Waals surface area contributed by atoms with E-state index >= 15 is 0 Å². The molecule has 0 aromatic heterocycles. The van der Waals surface area contributed by atoms with Crippen molar-refractivity contribution in [1.29, 1.82) is 0 Å². The van der Waals surface area contributed by atoms with Gasteiger partial charge >= 0.3 is 0 Å². The molecule has 0 atom stereocenters. The molecular formula is C20H16BrClN2O4S. The maximum Gasteiger partial charge on any atom is 0.262 e. The maximum absolute atomic E-state index is 12.5. The van der Waals surface area contributed by atoms with Gasteiger partial charge in [0, 0.05) is 15.8 Å². The number of anilines is 2. The highest BCUT2D eigenvalue weighted by Gasteiger charge is 2.17. The van der Waals surface area contributed by atoms with Crippen LogP contribution in [0.2, 0.25) is 5.02 Å². The zero-order valence-electron chi connectivity index (χ0n) is 14.9. The van der Waals surface area contributed by atoms with E-state index in [1.807, 2.05) is 0 Å². The molecule has 6 nitrogen and oxygen atoms in total. The number of carbonyl (C=O) groups excluding carboxylic acids is 1. The molecule has 0 fully saturated rings. The Morgan fingerprint density at radius 2 is 1.66 bits per heavy atom. The predicted molar refractivity (Wildman–Crippen MR) is 117 cm³/mol. The number of halogens is 2. The van der Waals surface area contributed by atoms with E-state index in [1.165, 1.54) is 18.2 Å². The van der Waals surface area contributed by atoms with Crippen molar-refractivity contribution in [1.82, 2.24) is 0 Å². The van der Waals surface area contributed by atoms with Gasteiger partial charge in [0.1, 0.15) is 5.75 Å². The number of hydrogen-bond donors (Lipinski definition) is 2. The van der Waals surface area contributed by atoms with E-state index in [2.05, 4.69) is 26.0 Å². The largest absolute Gasteiger partial charge is 0.482 e. The van der Waals surface area contributed by atoms with Crippen LogP contribution in [0.25, 0.3) is 0 Å². The van der Waals surface area contributed by atoms with Crippen molar-refractivity contribution < 1.29 is 17.9 Å². The van der Waals surface area contributed by atoms with Gasteiger partial charge < -0.3 is 10.1 Å². The Labute approximate surface area is 182 Å². The summed E-state index contributed by atoms with van der Waals surface area (Å²) in [6.45, 7) is -0.274. The van der Waals surface area contributed by atoms with Crippen LogP contribution in [0.3, 0.4) is 0 Å². The summed E-state index contributed by atoms with van der Waals surface area (Å²) >= 11 is 9.47. The fourth-order valence-electron chi connectivity index (χ4n) is 2.36. The van der Waals surface area contributed by atoms with Gasteiger partial charge in [-0.15, -0.1) is 0 Å². The van der Waals surface area contributed by atoms with Crippen molar-refractivity contribution >= 4 is 54.8 Å². The Kier molecular flexibility index (Phi) is 6.79. The third kappa shape index (κ3) is 5.96. The zero-order chi connectivity index (χ0) is 20.9. The Bertz CT molecular complexity index is 1110. The second-order valence-corrected chi connectivity index (χ2v) is 8.91. The molecule has 0 bridgehead atoms. The average molecular weight is 496 g/mol. The number of amides is 1. The average Bonchev–Trinajstić information content (AvgIpc) is 2.69. The number of sulfonamides is 1. The van der Waals surface area contributed by atoms with Crippen LogP contribution in [0.4, 0.5) is 11.4 Å². The van der Waals surface area contributed by atoms with Gasteiger partial charge in [-0.2, -0.15) is 0 Å². The molecule has 0 spiro atoms. The molecule has 0 aliphatic rings. The molecule has 0 aliphatic heterocycles. The fourth-order valence-corrected chi connectivity index (χ4v) is 4.01. The zero-order valence-corrected chi connectivity index (χ0v) is 18.1. The van der Waals surface area contributed by atoms with E-state index in [1.54, 1.807) is 54.6 Å². The molecule has 0 unspecified atom stereocenters. The number of carbonyl (C=O) groups is 1. The van der Waals surface area contributed by atoms with Crippen molar-refractivity contribution in [3.8, 4) is 5.75 Å². The minimum Gasteiger partial charge on any atom is -0.482 e. The highest BCUT2D eigenvalue weighted by molar-refractivity contribution is 9.10. The van der Waals surface area contributed by atoms with Gasteiger partial charge in [-0.05, 0) is 54.6 Å². The second-order valence-electron chi connectivity index (χ2n) is 5.91. The number of nitrogens with one attached hydrogen (secondary N) is 2. The van der Waals surface area contributed by atoms with Gasteiger partial charge in [0.25, 0.3) is 15.9 Å².